The van der Waals surface area contributed by atoms with Gasteiger partial charge in [0.2, 0.25) is 5.88 Å². The van der Waals surface area contributed by atoms with Crippen molar-refractivity contribution in [3.05, 3.63) is 71.9 Å². The van der Waals surface area contributed by atoms with Gasteiger partial charge in [0.15, 0.2) is 5.69 Å². The van der Waals surface area contributed by atoms with E-state index < -0.39 is 5.97 Å². The third kappa shape index (κ3) is 3.16. The van der Waals surface area contributed by atoms with E-state index in [2.05, 4.69) is 4.98 Å². The summed E-state index contributed by atoms with van der Waals surface area (Å²) >= 11 is 0. The van der Waals surface area contributed by atoms with E-state index in [9.17, 15) is 9.90 Å². The van der Waals surface area contributed by atoms with Crippen LogP contribution < -0.4 is 4.74 Å². The second-order valence-electron chi connectivity index (χ2n) is 5.26. The van der Waals surface area contributed by atoms with Crippen molar-refractivity contribution < 1.29 is 14.6 Å². The summed E-state index contributed by atoms with van der Waals surface area (Å²) in [5.74, 6) is -0.704. The number of carbonyl (C=O) groups is 1. The smallest absolute Gasteiger partial charge is 0.354 e. The van der Waals surface area contributed by atoms with Crippen molar-refractivity contribution in [2.45, 2.75) is 19.4 Å². The number of nitrogens with zero attached hydrogens (tertiary/aromatic N) is 1. The lowest BCUT2D eigenvalue weighted by Gasteiger charge is -2.18. The monoisotopic (exact) mass is 307 g/mol. The molecule has 23 heavy (non-hydrogen) atoms. The van der Waals surface area contributed by atoms with Gasteiger partial charge in [-0.15, -0.1) is 0 Å². The van der Waals surface area contributed by atoms with E-state index in [0.29, 0.717) is 5.88 Å². The fourth-order valence-corrected chi connectivity index (χ4v) is 2.56. The topological polar surface area (TPSA) is 59.4 Å². The van der Waals surface area contributed by atoms with Crippen LogP contribution in [0.2, 0.25) is 0 Å². The second-order valence-corrected chi connectivity index (χ2v) is 5.26. The van der Waals surface area contributed by atoms with Gasteiger partial charge in [0.25, 0.3) is 0 Å². The zero-order chi connectivity index (χ0) is 16.2. The molecule has 1 N–H and O–H groups in total. The minimum Gasteiger partial charge on any atom is -0.477 e. The van der Waals surface area contributed by atoms with E-state index in [1.54, 1.807) is 6.07 Å². The van der Waals surface area contributed by atoms with Gasteiger partial charge in [-0.3, -0.25) is 0 Å². The van der Waals surface area contributed by atoms with E-state index in [1.165, 1.54) is 0 Å². The molecule has 0 radical (unpaired) electrons. The maximum atomic E-state index is 11.3. The quantitative estimate of drug-likeness (QED) is 0.756. The van der Waals surface area contributed by atoms with Crippen molar-refractivity contribution in [2.75, 3.05) is 0 Å². The number of benzene rings is 2. The van der Waals surface area contributed by atoms with E-state index in [-0.39, 0.29) is 11.8 Å². The number of carboxylic acids is 1. The molecule has 1 atom stereocenters. The number of hydrogen-bond donors (Lipinski definition) is 1. The van der Waals surface area contributed by atoms with Crippen LogP contribution in [0.25, 0.3) is 10.8 Å². The summed E-state index contributed by atoms with van der Waals surface area (Å²) in [6, 6.07) is 18.9. The number of fused-ring (bicyclic) bond motifs is 1. The summed E-state index contributed by atoms with van der Waals surface area (Å²) in [4.78, 5) is 15.5. The summed E-state index contributed by atoms with van der Waals surface area (Å²) in [6.07, 6.45) is 0.591. The van der Waals surface area contributed by atoms with Crippen molar-refractivity contribution in [1.82, 2.24) is 4.98 Å². The van der Waals surface area contributed by atoms with Gasteiger partial charge in [-0.1, -0.05) is 55.5 Å². The predicted molar refractivity (Wildman–Crippen MR) is 88.8 cm³/mol. The molecule has 1 heterocycles. The molecule has 0 saturated carbocycles. The zero-order valence-electron chi connectivity index (χ0n) is 12.8. The third-order valence-electron chi connectivity index (χ3n) is 3.72. The van der Waals surface area contributed by atoms with Gasteiger partial charge < -0.3 is 9.84 Å². The average molecular weight is 307 g/mol. The summed E-state index contributed by atoms with van der Waals surface area (Å²) < 4.78 is 6.08. The highest BCUT2D eigenvalue weighted by atomic mass is 16.5. The van der Waals surface area contributed by atoms with Gasteiger partial charge in [0.1, 0.15) is 6.10 Å². The molecule has 0 spiro atoms. The molecule has 0 bridgehead atoms. The predicted octanol–water partition coefficient (Wildman–Crippen LogP) is 4.46. The molecule has 0 fully saturated rings. The number of pyridine rings is 1. The Morgan fingerprint density at radius 1 is 1.13 bits per heavy atom. The first-order valence-corrected chi connectivity index (χ1v) is 7.53. The summed E-state index contributed by atoms with van der Waals surface area (Å²) in [7, 11) is 0. The van der Waals surface area contributed by atoms with E-state index in [0.717, 1.165) is 22.8 Å². The zero-order valence-corrected chi connectivity index (χ0v) is 12.8. The fraction of sp³-hybridized carbons (Fsp3) is 0.158. The maximum absolute atomic E-state index is 11.3. The van der Waals surface area contributed by atoms with Crippen LogP contribution in [0.5, 0.6) is 5.88 Å². The Labute approximate surface area is 134 Å². The normalized spacial score (nSPS) is 12.0. The number of aromatic nitrogens is 1. The van der Waals surface area contributed by atoms with Crippen LogP contribution in [0.15, 0.2) is 60.7 Å². The first-order valence-electron chi connectivity index (χ1n) is 7.53. The molecule has 4 nitrogen and oxygen atoms in total. The first kappa shape index (κ1) is 15.0. The van der Waals surface area contributed by atoms with Crippen molar-refractivity contribution in [3.8, 4) is 5.88 Å². The highest BCUT2D eigenvalue weighted by molar-refractivity contribution is 5.94. The van der Waals surface area contributed by atoms with Crippen molar-refractivity contribution in [2.24, 2.45) is 0 Å². The van der Waals surface area contributed by atoms with Crippen LogP contribution in [0, 0.1) is 0 Å². The van der Waals surface area contributed by atoms with E-state index >= 15 is 0 Å². The molecule has 1 unspecified atom stereocenters. The minimum atomic E-state index is -1.06. The van der Waals surface area contributed by atoms with E-state index in [4.69, 9.17) is 4.74 Å². The maximum Gasteiger partial charge on any atom is 0.354 e. The first-order chi connectivity index (χ1) is 11.2. The molecule has 3 rings (SSSR count). The van der Waals surface area contributed by atoms with Crippen molar-refractivity contribution in [3.63, 3.8) is 0 Å². The Kier molecular flexibility index (Phi) is 4.24. The summed E-state index contributed by atoms with van der Waals surface area (Å²) in [5.41, 5.74) is 1.03. The Balaban J connectivity index is 2.06. The standard InChI is InChI=1S/C19H17NO3/c1-2-17(13-8-4-3-5-9-13)23-18-15-11-7-6-10-14(15)12-16(20-18)19(21)22/h3-12,17H,2H2,1H3,(H,21,22). The highest BCUT2D eigenvalue weighted by Crippen LogP contribution is 2.30. The number of rotatable bonds is 5. The molecule has 0 aliphatic rings. The SMILES string of the molecule is CCC(Oc1nc(C(=O)O)cc2ccccc12)c1ccccc1. The lowest BCUT2D eigenvalue weighted by Crippen LogP contribution is -2.10. The number of carboxylic acid groups (broad SMARTS) is 1. The molecule has 3 aromatic rings. The van der Waals surface area contributed by atoms with E-state index in [1.807, 2.05) is 61.5 Å². The van der Waals surface area contributed by atoms with Crippen LogP contribution >= 0.6 is 0 Å². The van der Waals surface area contributed by atoms with Crippen LogP contribution in [-0.4, -0.2) is 16.1 Å². The molecule has 1 aromatic heterocycles. The van der Waals surface area contributed by atoms with Crippen LogP contribution in [-0.2, 0) is 0 Å². The molecular weight excluding hydrogens is 290 g/mol. The van der Waals surface area contributed by atoms with Gasteiger partial charge in [0.05, 0.1) is 0 Å². The van der Waals surface area contributed by atoms with Crippen molar-refractivity contribution >= 4 is 16.7 Å². The van der Waals surface area contributed by atoms with Gasteiger partial charge in [-0.2, -0.15) is 0 Å². The van der Waals surface area contributed by atoms with Gasteiger partial charge in [0, 0.05) is 5.39 Å². The molecular formula is C19H17NO3. The average Bonchev–Trinajstić information content (AvgIpc) is 2.60. The molecule has 2 aromatic carbocycles. The van der Waals surface area contributed by atoms with Crippen LogP contribution in [0.3, 0.4) is 0 Å². The Morgan fingerprint density at radius 2 is 1.83 bits per heavy atom. The summed E-state index contributed by atoms with van der Waals surface area (Å²) in [5, 5.41) is 10.9. The second kappa shape index (κ2) is 6.48. The van der Waals surface area contributed by atoms with Crippen molar-refractivity contribution in [1.29, 1.82) is 0 Å². The fourth-order valence-electron chi connectivity index (χ4n) is 2.56. The molecule has 0 aliphatic heterocycles. The van der Waals surface area contributed by atoms with Crippen LogP contribution in [0.1, 0.15) is 35.5 Å². The minimum absolute atomic E-state index is 0.0124. The van der Waals surface area contributed by atoms with Crippen LogP contribution in [0.4, 0.5) is 0 Å². The molecule has 0 amide bonds. The molecule has 116 valence electrons. The lowest BCUT2D eigenvalue weighted by atomic mass is 10.1. The number of ether oxygens (including phenoxy) is 1. The Bertz CT molecular complexity index is 830. The largest absolute Gasteiger partial charge is 0.477 e. The van der Waals surface area contributed by atoms with Gasteiger partial charge in [-0.05, 0) is 29.5 Å². The molecule has 0 aliphatic carbocycles. The van der Waals surface area contributed by atoms with Gasteiger partial charge >= 0.3 is 5.97 Å². The molecule has 4 heteroatoms. The lowest BCUT2D eigenvalue weighted by molar-refractivity contribution is 0.0688. The molecule has 0 saturated heterocycles. The Morgan fingerprint density at radius 3 is 2.52 bits per heavy atom. The third-order valence-corrected chi connectivity index (χ3v) is 3.72. The highest BCUT2D eigenvalue weighted by Gasteiger charge is 2.16. The number of aromatic carboxylic acids is 1. The van der Waals surface area contributed by atoms with Gasteiger partial charge in [-0.25, -0.2) is 9.78 Å². The summed E-state index contributed by atoms with van der Waals surface area (Å²) in [6.45, 7) is 2.03. The Hall–Kier alpha value is -2.88. The number of hydrogen-bond acceptors (Lipinski definition) is 3.